The molecular formula is C10H11N3O. The molecule has 0 bridgehead atoms. The van der Waals surface area contributed by atoms with E-state index in [0.717, 1.165) is 5.56 Å². The van der Waals surface area contributed by atoms with Crippen molar-refractivity contribution in [3.05, 3.63) is 29.8 Å². The number of hydrogen-bond donors (Lipinski definition) is 3. The van der Waals surface area contributed by atoms with Gasteiger partial charge in [0, 0.05) is 11.3 Å². The molecule has 5 N–H and O–H groups in total. The summed E-state index contributed by atoms with van der Waals surface area (Å²) >= 11 is 0. The zero-order valence-electron chi connectivity index (χ0n) is 7.58. The fraction of sp³-hybridized carbons (Fsp3) is 0.100. The van der Waals surface area contributed by atoms with Gasteiger partial charge >= 0.3 is 6.03 Å². The molecule has 0 atom stereocenters. The molecule has 1 aromatic rings. The Morgan fingerprint density at radius 3 is 2.50 bits per heavy atom. The molecule has 1 aromatic carbocycles. The molecule has 4 nitrogen and oxygen atoms in total. The first-order valence-corrected chi connectivity index (χ1v) is 4.08. The van der Waals surface area contributed by atoms with Crippen LogP contribution >= 0.6 is 0 Å². The summed E-state index contributed by atoms with van der Waals surface area (Å²) in [5.74, 6) is 5.60. The zero-order chi connectivity index (χ0) is 10.4. The molecule has 2 amide bonds. The maximum absolute atomic E-state index is 10.5. The Morgan fingerprint density at radius 2 is 2.00 bits per heavy atom. The van der Waals surface area contributed by atoms with E-state index < -0.39 is 6.03 Å². The van der Waals surface area contributed by atoms with Gasteiger partial charge in [-0.2, -0.15) is 0 Å². The summed E-state index contributed by atoms with van der Waals surface area (Å²) in [5, 5.41) is 2.45. The van der Waals surface area contributed by atoms with Crippen LogP contribution in [0.4, 0.5) is 10.5 Å². The van der Waals surface area contributed by atoms with Gasteiger partial charge in [0.15, 0.2) is 0 Å². The van der Waals surface area contributed by atoms with Crippen LogP contribution in [0.15, 0.2) is 24.3 Å². The third-order valence-corrected chi connectivity index (χ3v) is 1.49. The van der Waals surface area contributed by atoms with Crippen LogP contribution in [0.5, 0.6) is 0 Å². The third-order valence-electron chi connectivity index (χ3n) is 1.49. The van der Waals surface area contributed by atoms with Crippen molar-refractivity contribution in [3.63, 3.8) is 0 Å². The fourth-order valence-electron chi connectivity index (χ4n) is 0.932. The van der Waals surface area contributed by atoms with Gasteiger partial charge in [-0.1, -0.05) is 11.8 Å². The van der Waals surface area contributed by atoms with Crippen molar-refractivity contribution in [3.8, 4) is 11.8 Å². The maximum atomic E-state index is 10.5. The van der Waals surface area contributed by atoms with Gasteiger partial charge in [-0.3, -0.25) is 0 Å². The predicted molar refractivity (Wildman–Crippen MR) is 55.6 cm³/mol. The molecule has 4 heteroatoms. The second-order valence-corrected chi connectivity index (χ2v) is 2.57. The summed E-state index contributed by atoms with van der Waals surface area (Å²) < 4.78 is 0. The van der Waals surface area contributed by atoms with Crippen LogP contribution in [0.2, 0.25) is 0 Å². The number of carbonyl (C=O) groups excluding carboxylic acids is 1. The molecule has 14 heavy (non-hydrogen) atoms. The first kappa shape index (κ1) is 10.1. The van der Waals surface area contributed by atoms with Crippen LogP contribution in [0, 0.1) is 11.8 Å². The quantitative estimate of drug-likeness (QED) is 0.562. The third kappa shape index (κ3) is 3.17. The Hall–Kier alpha value is -1.99. The average Bonchev–Trinajstić information content (AvgIpc) is 2.16. The van der Waals surface area contributed by atoms with Gasteiger partial charge in [-0.25, -0.2) is 4.79 Å². The minimum absolute atomic E-state index is 0.335. The Balaban J connectivity index is 2.73. The molecule has 0 saturated carbocycles. The molecule has 72 valence electrons. The number of nitrogens with two attached hydrogens (primary N) is 2. The van der Waals surface area contributed by atoms with Gasteiger partial charge < -0.3 is 16.8 Å². The number of nitrogens with one attached hydrogen (secondary N) is 1. The number of rotatable bonds is 1. The Morgan fingerprint density at radius 1 is 1.36 bits per heavy atom. The van der Waals surface area contributed by atoms with E-state index in [2.05, 4.69) is 17.2 Å². The van der Waals surface area contributed by atoms with Gasteiger partial charge in [0.05, 0.1) is 6.54 Å². The molecular weight excluding hydrogens is 178 g/mol. The number of anilines is 1. The summed E-state index contributed by atoms with van der Waals surface area (Å²) in [7, 11) is 0. The van der Waals surface area contributed by atoms with Gasteiger partial charge in [-0.15, -0.1) is 0 Å². The Bertz CT molecular complexity index is 373. The van der Waals surface area contributed by atoms with Gasteiger partial charge in [0.25, 0.3) is 0 Å². The predicted octanol–water partition coefficient (Wildman–Crippen LogP) is 0.487. The summed E-state index contributed by atoms with van der Waals surface area (Å²) in [6, 6.07) is 6.45. The molecule has 0 spiro atoms. The van der Waals surface area contributed by atoms with Gasteiger partial charge in [-0.05, 0) is 24.3 Å². The molecule has 1 rings (SSSR count). The van der Waals surface area contributed by atoms with E-state index >= 15 is 0 Å². The summed E-state index contributed by atoms with van der Waals surface area (Å²) in [5.41, 5.74) is 11.7. The van der Waals surface area contributed by atoms with Crippen molar-refractivity contribution in [2.45, 2.75) is 0 Å². The van der Waals surface area contributed by atoms with Crippen LogP contribution in [0.3, 0.4) is 0 Å². The highest BCUT2D eigenvalue weighted by Crippen LogP contribution is 2.07. The van der Waals surface area contributed by atoms with Crippen LogP contribution in [-0.4, -0.2) is 12.6 Å². The molecule has 0 saturated heterocycles. The van der Waals surface area contributed by atoms with Crippen LogP contribution in [0.1, 0.15) is 5.56 Å². The highest BCUT2D eigenvalue weighted by atomic mass is 16.2. The van der Waals surface area contributed by atoms with Crippen LogP contribution < -0.4 is 16.8 Å². The second kappa shape index (κ2) is 4.90. The van der Waals surface area contributed by atoms with Crippen molar-refractivity contribution < 1.29 is 4.79 Å². The van der Waals surface area contributed by atoms with Crippen molar-refractivity contribution in [2.24, 2.45) is 11.5 Å². The first-order valence-electron chi connectivity index (χ1n) is 4.08. The normalized spacial score (nSPS) is 8.64. The number of amides is 2. The molecule has 0 radical (unpaired) electrons. The van der Waals surface area contributed by atoms with E-state index in [1.54, 1.807) is 24.3 Å². The minimum atomic E-state index is -0.578. The molecule has 0 aliphatic rings. The monoisotopic (exact) mass is 189 g/mol. The lowest BCUT2D eigenvalue weighted by Crippen LogP contribution is -2.19. The smallest absolute Gasteiger partial charge is 0.316 e. The average molecular weight is 189 g/mol. The summed E-state index contributed by atoms with van der Waals surface area (Å²) in [6.45, 7) is 0.335. The highest BCUT2D eigenvalue weighted by molar-refractivity contribution is 5.87. The lowest BCUT2D eigenvalue weighted by molar-refractivity contribution is 0.259. The molecule has 0 aliphatic carbocycles. The largest absolute Gasteiger partial charge is 0.351 e. The topological polar surface area (TPSA) is 81.1 Å². The highest BCUT2D eigenvalue weighted by Gasteiger charge is 1.94. The SMILES string of the molecule is NCC#Cc1ccc(NC(N)=O)cc1. The number of hydrogen-bond acceptors (Lipinski definition) is 2. The summed E-state index contributed by atoms with van der Waals surface area (Å²) in [4.78, 5) is 10.5. The molecule has 0 aromatic heterocycles. The van der Waals surface area contributed by atoms with Crippen LogP contribution in [0.25, 0.3) is 0 Å². The zero-order valence-corrected chi connectivity index (χ0v) is 7.58. The van der Waals surface area contributed by atoms with E-state index in [1.807, 2.05) is 0 Å². The van der Waals surface area contributed by atoms with E-state index in [-0.39, 0.29) is 0 Å². The first-order chi connectivity index (χ1) is 6.72. The second-order valence-electron chi connectivity index (χ2n) is 2.57. The van der Waals surface area contributed by atoms with E-state index in [1.165, 1.54) is 0 Å². The lowest BCUT2D eigenvalue weighted by atomic mass is 10.2. The molecule has 0 heterocycles. The number of benzene rings is 1. The van der Waals surface area contributed by atoms with E-state index in [0.29, 0.717) is 12.2 Å². The number of primary amides is 1. The number of carbonyl (C=O) groups is 1. The van der Waals surface area contributed by atoms with Crippen molar-refractivity contribution in [1.29, 1.82) is 0 Å². The van der Waals surface area contributed by atoms with Crippen LogP contribution in [-0.2, 0) is 0 Å². The fourth-order valence-corrected chi connectivity index (χ4v) is 0.932. The molecule has 0 unspecified atom stereocenters. The molecule has 0 fully saturated rings. The Labute approximate surface area is 82.3 Å². The Kier molecular flexibility index (Phi) is 3.53. The van der Waals surface area contributed by atoms with Crippen molar-refractivity contribution in [2.75, 3.05) is 11.9 Å². The minimum Gasteiger partial charge on any atom is -0.351 e. The van der Waals surface area contributed by atoms with E-state index in [9.17, 15) is 4.79 Å². The van der Waals surface area contributed by atoms with Crippen molar-refractivity contribution in [1.82, 2.24) is 0 Å². The van der Waals surface area contributed by atoms with E-state index in [4.69, 9.17) is 11.5 Å². The van der Waals surface area contributed by atoms with Gasteiger partial charge in [0.2, 0.25) is 0 Å². The molecule has 0 aliphatic heterocycles. The standard InChI is InChI=1S/C10H11N3O/c11-7-1-2-8-3-5-9(6-4-8)13-10(12)14/h3-6H,7,11H2,(H3,12,13,14). The number of urea groups is 1. The van der Waals surface area contributed by atoms with Gasteiger partial charge in [0.1, 0.15) is 0 Å². The maximum Gasteiger partial charge on any atom is 0.316 e. The lowest BCUT2D eigenvalue weighted by Gasteiger charge is -2.00. The summed E-state index contributed by atoms with van der Waals surface area (Å²) in [6.07, 6.45) is 0. The van der Waals surface area contributed by atoms with Crippen molar-refractivity contribution >= 4 is 11.7 Å².